The molecule has 0 heterocycles. The van der Waals surface area contributed by atoms with E-state index in [2.05, 4.69) is 22.6 Å². The van der Waals surface area contributed by atoms with E-state index in [0.717, 1.165) is 3.57 Å². The zero-order chi connectivity index (χ0) is 12.1. The SMILES string of the molecule is CC(C)N(CCO)C(=O)c1ccc(I)cc1. The predicted octanol–water partition coefficient (Wildman–Crippen LogP) is 2.13. The monoisotopic (exact) mass is 333 g/mol. The van der Waals surface area contributed by atoms with Crippen molar-refractivity contribution in [3.63, 3.8) is 0 Å². The number of benzene rings is 1. The van der Waals surface area contributed by atoms with Crippen molar-refractivity contribution in [2.24, 2.45) is 0 Å². The van der Waals surface area contributed by atoms with Crippen LogP contribution < -0.4 is 0 Å². The Kier molecular flexibility index (Phi) is 5.21. The molecular weight excluding hydrogens is 317 g/mol. The minimum atomic E-state index is -0.0274. The highest BCUT2D eigenvalue weighted by molar-refractivity contribution is 14.1. The molecule has 0 unspecified atom stereocenters. The number of rotatable bonds is 4. The maximum atomic E-state index is 12.1. The number of carbonyl (C=O) groups is 1. The van der Waals surface area contributed by atoms with Gasteiger partial charge < -0.3 is 10.0 Å². The second-order valence-electron chi connectivity index (χ2n) is 3.82. The molecule has 0 aliphatic rings. The molecule has 0 saturated heterocycles. The van der Waals surface area contributed by atoms with Crippen LogP contribution in [0.25, 0.3) is 0 Å². The van der Waals surface area contributed by atoms with Gasteiger partial charge in [-0.2, -0.15) is 0 Å². The van der Waals surface area contributed by atoms with Crippen LogP contribution in [-0.2, 0) is 0 Å². The highest BCUT2D eigenvalue weighted by atomic mass is 127. The Bertz CT molecular complexity index is 349. The zero-order valence-electron chi connectivity index (χ0n) is 9.48. The van der Waals surface area contributed by atoms with Crippen LogP contribution >= 0.6 is 22.6 Å². The molecule has 3 nitrogen and oxygen atoms in total. The van der Waals surface area contributed by atoms with Crippen molar-refractivity contribution in [2.75, 3.05) is 13.2 Å². The van der Waals surface area contributed by atoms with Gasteiger partial charge >= 0.3 is 0 Å². The summed E-state index contributed by atoms with van der Waals surface area (Å²) < 4.78 is 1.10. The summed E-state index contributed by atoms with van der Waals surface area (Å²) in [5.41, 5.74) is 0.669. The summed E-state index contributed by atoms with van der Waals surface area (Å²) in [6, 6.07) is 7.54. The maximum Gasteiger partial charge on any atom is 0.254 e. The van der Waals surface area contributed by atoms with Crippen LogP contribution in [0.5, 0.6) is 0 Å². The lowest BCUT2D eigenvalue weighted by atomic mass is 10.2. The third-order valence-corrected chi connectivity index (χ3v) is 3.04. The minimum absolute atomic E-state index is 0.00567. The molecule has 0 spiro atoms. The van der Waals surface area contributed by atoms with E-state index in [1.807, 2.05) is 38.1 Å². The van der Waals surface area contributed by atoms with Gasteiger partial charge in [-0.15, -0.1) is 0 Å². The lowest BCUT2D eigenvalue weighted by molar-refractivity contribution is 0.0665. The molecule has 0 fully saturated rings. The van der Waals surface area contributed by atoms with Crippen LogP contribution in [0.3, 0.4) is 0 Å². The summed E-state index contributed by atoms with van der Waals surface area (Å²) >= 11 is 2.20. The van der Waals surface area contributed by atoms with Gasteiger partial charge in [-0.1, -0.05) is 0 Å². The van der Waals surface area contributed by atoms with Crippen LogP contribution in [0, 0.1) is 3.57 Å². The van der Waals surface area contributed by atoms with E-state index in [9.17, 15) is 4.79 Å². The first kappa shape index (κ1) is 13.4. The molecule has 0 radical (unpaired) electrons. The third-order valence-electron chi connectivity index (χ3n) is 2.32. The maximum absolute atomic E-state index is 12.1. The van der Waals surface area contributed by atoms with E-state index >= 15 is 0 Å². The van der Waals surface area contributed by atoms with Gasteiger partial charge in [0.15, 0.2) is 0 Å². The van der Waals surface area contributed by atoms with Crippen LogP contribution in [-0.4, -0.2) is 35.1 Å². The molecule has 1 amide bonds. The van der Waals surface area contributed by atoms with Crippen molar-refractivity contribution < 1.29 is 9.90 Å². The van der Waals surface area contributed by atoms with Gasteiger partial charge in [-0.25, -0.2) is 0 Å². The lowest BCUT2D eigenvalue weighted by Gasteiger charge is -2.26. The van der Waals surface area contributed by atoms with Crippen molar-refractivity contribution >= 4 is 28.5 Å². The average Bonchev–Trinajstić information content (AvgIpc) is 2.25. The Labute approximate surface area is 110 Å². The molecule has 0 aliphatic carbocycles. The standard InChI is InChI=1S/C12H16INO2/c1-9(2)14(7-8-15)12(16)10-3-5-11(13)6-4-10/h3-6,9,15H,7-8H2,1-2H3. The summed E-state index contributed by atoms with van der Waals surface area (Å²) in [6.07, 6.45) is 0. The van der Waals surface area contributed by atoms with Gasteiger partial charge in [0.2, 0.25) is 0 Å². The predicted molar refractivity (Wildman–Crippen MR) is 72.4 cm³/mol. The van der Waals surface area contributed by atoms with Crippen molar-refractivity contribution in [3.05, 3.63) is 33.4 Å². The Morgan fingerprint density at radius 1 is 1.38 bits per heavy atom. The quantitative estimate of drug-likeness (QED) is 0.858. The summed E-state index contributed by atoms with van der Waals surface area (Å²) in [5, 5.41) is 8.93. The van der Waals surface area contributed by atoms with Crippen molar-refractivity contribution in [1.82, 2.24) is 4.90 Å². The Morgan fingerprint density at radius 3 is 2.38 bits per heavy atom. The fourth-order valence-electron chi connectivity index (χ4n) is 1.46. The molecule has 0 aliphatic heterocycles. The molecule has 1 aromatic rings. The number of halogens is 1. The molecule has 1 N–H and O–H groups in total. The van der Waals surface area contributed by atoms with E-state index in [1.165, 1.54) is 0 Å². The minimum Gasteiger partial charge on any atom is -0.395 e. The van der Waals surface area contributed by atoms with E-state index in [1.54, 1.807) is 4.90 Å². The molecule has 0 bridgehead atoms. The van der Waals surface area contributed by atoms with Crippen molar-refractivity contribution in [1.29, 1.82) is 0 Å². The van der Waals surface area contributed by atoms with Crippen molar-refractivity contribution in [2.45, 2.75) is 19.9 Å². The van der Waals surface area contributed by atoms with Gasteiger partial charge in [0.05, 0.1) is 6.61 Å². The van der Waals surface area contributed by atoms with E-state index in [0.29, 0.717) is 12.1 Å². The number of aliphatic hydroxyl groups excluding tert-OH is 1. The average molecular weight is 333 g/mol. The highest BCUT2D eigenvalue weighted by Crippen LogP contribution is 2.11. The van der Waals surface area contributed by atoms with E-state index in [4.69, 9.17) is 5.11 Å². The highest BCUT2D eigenvalue weighted by Gasteiger charge is 2.17. The molecule has 1 aromatic carbocycles. The summed E-state index contributed by atoms with van der Waals surface area (Å²) in [6.45, 7) is 4.26. The number of amides is 1. The first-order valence-corrected chi connectivity index (χ1v) is 6.31. The second kappa shape index (κ2) is 6.20. The van der Waals surface area contributed by atoms with Gasteiger partial charge in [0, 0.05) is 21.7 Å². The second-order valence-corrected chi connectivity index (χ2v) is 5.07. The summed E-state index contributed by atoms with van der Waals surface area (Å²) in [4.78, 5) is 13.8. The van der Waals surface area contributed by atoms with Gasteiger partial charge in [-0.05, 0) is 60.7 Å². The topological polar surface area (TPSA) is 40.5 Å². The summed E-state index contributed by atoms with van der Waals surface area (Å²) in [5.74, 6) is -0.0274. The molecule has 0 aromatic heterocycles. The molecule has 88 valence electrons. The zero-order valence-corrected chi connectivity index (χ0v) is 11.6. The van der Waals surface area contributed by atoms with Crippen LogP contribution in [0.4, 0.5) is 0 Å². The molecular formula is C12H16INO2. The number of hydrogen-bond acceptors (Lipinski definition) is 2. The fourth-order valence-corrected chi connectivity index (χ4v) is 1.82. The first-order chi connectivity index (χ1) is 7.56. The van der Waals surface area contributed by atoms with Crippen LogP contribution in [0.15, 0.2) is 24.3 Å². The number of hydrogen-bond donors (Lipinski definition) is 1. The van der Waals surface area contributed by atoms with Gasteiger partial charge in [-0.3, -0.25) is 4.79 Å². The van der Waals surface area contributed by atoms with E-state index < -0.39 is 0 Å². The Morgan fingerprint density at radius 2 is 1.94 bits per heavy atom. The Hall–Kier alpha value is -0.620. The molecule has 16 heavy (non-hydrogen) atoms. The van der Waals surface area contributed by atoms with Gasteiger partial charge in [0.25, 0.3) is 5.91 Å². The smallest absolute Gasteiger partial charge is 0.254 e. The third kappa shape index (κ3) is 3.45. The first-order valence-electron chi connectivity index (χ1n) is 5.23. The van der Waals surface area contributed by atoms with E-state index in [-0.39, 0.29) is 18.6 Å². The van der Waals surface area contributed by atoms with Crippen LogP contribution in [0.2, 0.25) is 0 Å². The Balaban J connectivity index is 2.86. The fraction of sp³-hybridized carbons (Fsp3) is 0.417. The van der Waals surface area contributed by atoms with Crippen molar-refractivity contribution in [3.8, 4) is 0 Å². The largest absolute Gasteiger partial charge is 0.395 e. The number of nitrogens with zero attached hydrogens (tertiary/aromatic N) is 1. The normalized spacial score (nSPS) is 10.6. The molecule has 0 saturated carbocycles. The number of carbonyl (C=O) groups excluding carboxylic acids is 1. The number of aliphatic hydroxyl groups is 1. The lowest BCUT2D eigenvalue weighted by Crippen LogP contribution is -2.38. The molecule has 1 rings (SSSR count). The molecule has 0 atom stereocenters. The molecule has 4 heteroatoms. The summed E-state index contributed by atoms with van der Waals surface area (Å²) in [7, 11) is 0. The van der Waals surface area contributed by atoms with Crippen LogP contribution in [0.1, 0.15) is 24.2 Å². The van der Waals surface area contributed by atoms with Gasteiger partial charge in [0.1, 0.15) is 0 Å².